The number of benzene rings is 1. The van der Waals surface area contributed by atoms with E-state index in [-0.39, 0.29) is 5.97 Å². The molecule has 1 aromatic carbocycles. The summed E-state index contributed by atoms with van der Waals surface area (Å²) in [5.74, 6) is 0.235. The van der Waals surface area contributed by atoms with Crippen molar-refractivity contribution < 1.29 is 9.53 Å². The number of ether oxygens (including phenoxy) is 1. The van der Waals surface area contributed by atoms with Gasteiger partial charge in [0.25, 0.3) is 0 Å². The molecule has 1 saturated carbocycles. The van der Waals surface area contributed by atoms with Crippen molar-refractivity contribution in [1.29, 1.82) is 0 Å². The van der Waals surface area contributed by atoms with E-state index >= 15 is 0 Å². The van der Waals surface area contributed by atoms with Crippen LogP contribution in [0.3, 0.4) is 0 Å². The zero-order valence-electron chi connectivity index (χ0n) is 12.3. The number of hydrogen-bond donors (Lipinski definition) is 2. The number of anilines is 2. The van der Waals surface area contributed by atoms with Gasteiger partial charge in [-0.3, -0.25) is 0 Å². The maximum atomic E-state index is 11.7. The predicted molar refractivity (Wildman–Crippen MR) is 81.9 cm³/mol. The molecule has 0 bridgehead atoms. The molecule has 20 heavy (non-hydrogen) atoms. The zero-order valence-corrected chi connectivity index (χ0v) is 12.3. The van der Waals surface area contributed by atoms with Crippen molar-refractivity contribution in [3.63, 3.8) is 0 Å². The average Bonchev–Trinajstić information content (AvgIpc) is 2.65. The summed E-state index contributed by atoms with van der Waals surface area (Å²) < 4.78 is 4.76. The van der Waals surface area contributed by atoms with Crippen LogP contribution in [0.1, 0.15) is 49.4 Å². The summed E-state index contributed by atoms with van der Waals surface area (Å²) >= 11 is 0. The molecule has 0 heterocycles. The van der Waals surface area contributed by atoms with Gasteiger partial charge in [0, 0.05) is 6.04 Å². The van der Waals surface area contributed by atoms with Gasteiger partial charge in [-0.15, -0.1) is 0 Å². The van der Waals surface area contributed by atoms with Gasteiger partial charge in [-0.1, -0.05) is 32.3 Å². The summed E-state index contributed by atoms with van der Waals surface area (Å²) in [6.07, 6.45) is 6.26. The third-order valence-corrected chi connectivity index (χ3v) is 4.21. The number of nitrogen functional groups attached to an aromatic ring is 1. The normalized spacial score (nSPS) is 22.9. The zero-order chi connectivity index (χ0) is 14.5. The molecule has 0 spiro atoms. The fraction of sp³-hybridized carbons (Fsp3) is 0.562. The lowest BCUT2D eigenvalue weighted by Crippen LogP contribution is -2.27. The van der Waals surface area contributed by atoms with Gasteiger partial charge in [0.15, 0.2) is 0 Å². The smallest absolute Gasteiger partial charge is 0.340 e. The van der Waals surface area contributed by atoms with E-state index in [2.05, 4.69) is 12.2 Å². The molecule has 1 aliphatic carbocycles. The monoisotopic (exact) mass is 276 g/mol. The number of hydrogen-bond acceptors (Lipinski definition) is 4. The first-order valence-corrected chi connectivity index (χ1v) is 7.37. The molecule has 1 aliphatic rings. The molecule has 1 aromatic rings. The van der Waals surface area contributed by atoms with Crippen LogP contribution in [0.25, 0.3) is 0 Å². The van der Waals surface area contributed by atoms with E-state index in [1.807, 2.05) is 12.1 Å². The Kier molecular flexibility index (Phi) is 4.88. The Bertz CT molecular complexity index is 474. The van der Waals surface area contributed by atoms with Gasteiger partial charge in [-0.25, -0.2) is 4.79 Å². The molecule has 0 aliphatic heterocycles. The highest BCUT2D eigenvalue weighted by atomic mass is 16.5. The van der Waals surface area contributed by atoms with Crippen molar-refractivity contribution in [1.82, 2.24) is 0 Å². The number of nitrogens with two attached hydrogens (primary N) is 1. The van der Waals surface area contributed by atoms with Crippen molar-refractivity contribution in [2.45, 2.75) is 45.1 Å². The van der Waals surface area contributed by atoms with Crippen LogP contribution in [0.2, 0.25) is 0 Å². The second-order valence-corrected chi connectivity index (χ2v) is 5.62. The van der Waals surface area contributed by atoms with E-state index in [1.54, 1.807) is 6.07 Å². The summed E-state index contributed by atoms with van der Waals surface area (Å²) in [5.41, 5.74) is 7.85. The molecule has 2 rings (SSSR count). The van der Waals surface area contributed by atoms with Crippen molar-refractivity contribution >= 4 is 17.3 Å². The minimum Gasteiger partial charge on any atom is -0.465 e. The van der Waals surface area contributed by atoms with E-state index < -0.39 is 0 Å². The molecule has 110 valence electrons. The van der Waals surface area contributed by atoms with Crippen LogP contribution in [0.4, 0.5) is 11.4 Å². The molecule has 4 heteroatoms. The van der Waals surface area contributed by atoms with Crippen molar-refractivity contribution in [3.05, 3.63) is 23.8 Å². The molecule has 0 amide bonds. The summed E-state index contributed by atoms with van der Waals surface area (Å²) in [7, 11) is 1.37. The Morgan fingerprint density at radius 2 is 2.05 bits per heavy atom. The van der Waals surface area contributed by atoms with Crippen LogP contribution in [-0.4, -0.2) is 19.1 Å². The van der Waals surface area contributed by atoms with Gasteiger partial charge in [-0.2, -0.15) is 0 Å². The van der Waals surface area contributed by atoms with Crippen LogP contribution in [-0.2, 0) is 4.74 Å². The lowest BCUT2D eigenvalue weighted by Gasteiger charge is -2.25. The summed E-state index contributed by atoms with van der Waals surface area (Å²) in [6, 6.07) is 5.89. The second kappa shape index (κ2) is 6.64. The Labute approximate surface area is 120 Å². The molecule has 3 N–H and O–H groups in total. The van der Waals surface area contributed by atoms with Gasteiger partial charge in [0.05, 0.1) is 24.0 Å². The number of nitrogens with one attached hydrogen (secondary N) is 1. The summed E-state index contributed by atoms with van der Waals surface area (Å²) in [5, 5.41) is 3.53. The second-order valence-electron chi connectivity index (χ2n) is 5.62. The average molecular weight is 276 g/mol. The molecule has 2 unspecified atom stereocenters. The van der Waals surface area contributed by atoms with Crippen molar-refractivity contribution in [3.8, 4) is 0 Å². The quantitative estimate of drug-likeness (QED) is 0.504. The molecule has 1 fully saturated rings. The number of carbonyl (C=O) groups excluding carboxylic acids is 1. The maximum Gasteiger partial charge on any atom is 0.340 e. The van der Waals surface area contributed by atoms with Gasteiger partial charge in [0.2, 0.25) is 0 Å². The minimum atomic E-state index is -0.389. The van der Waals surface area contributed by atoms with Crippen LogP contribution >= 0.6 is 0 Å². The molecule has 0 saturated heterocycles. The van der Waals surface area contributed by atoms with Gasteiger partial charge in [0.1, 0.15) is 0 Å². The summed E-state index contributed by atoms with van der Waals surface area (Å²) in [6.45, 7) is 2.28. The largest absolute Gasteiger partial charge is 0.465 e. The van der Waals surface area contributed by atoms with E-state index in [0.29, 0.717) is 23.2 Å². The van der Waals surface area contributed by atoms with Gasteiger partial charge >= 0.3 is 5.97 Å². The van der Waals surface area contributed by atoms with E-state index in [9.17, 15) is 4.79 Å². The molecular formula is C16H24N2O2. The third-order valence-electron chi connectivity index (χ3n) is 4.21. The molecule has 0 radical (unpaired) electrons. The SMILES string of the molecule is COC(=O)c1cccc(NC2CCCCCC2C)c1N. The highest BCUT2D eigenvalue weighted by molar-refractivity contribution is 5.98. The number of carbonyl (C=O) groups is 1. The van der Waals surface area contributed by atoms with Crippen LogP contribution in [0.15, 0.2) is 18.2 Å². The number of methoxy groups -OCH3 is 1. The van der Waals surface area contributed by atoms with Crippen molar-refractivity contribution in [2.75, 3.05) is 18.2 Å². The summed E-state index contributed by atoms with van der Waals surface area (Å²) in [4.78, 5) is 11.7. The first-order chi connectivity index (χ1) is 9.63. The Balaban J connectivity index is 2.18. The van der Waals surface area contributed by atoms with Crippen LogP contribution < -0.4 is 11.1 Å². The van der Waals surface area contributed by atoms with Crippen LogP contribution in [0, 0.1) is 5.92 Å². The maximum absolute atomic E-state index is 11.7. The third kappa shape index (κ3) is 3.24. The number of esters is 1. The number of para-hydroxylation sites is 1. The van der Waals surface area contributed by atoms with Crippen molar-refractivity contribution in [2.24, 2.45) is 5.92 Å². The Morgan fingerprint density at radius 3 is 2.80 bits per heavy atom. The van der Waals surface area contributed by atoms with E-state index in [4.69, 9.17) is 10.5 Å². The Hall–Kier alpha value is -1.71. The first-order valence-electron chi connectivity index (χ1n) is 7.37. The molecular weight excluding hydrogens is 252 g/mol. The fourth-order valence-corrected chi connectivity index (χ4v) is 2.89. The predicted octanol–water partition coefficient (Wildman–Crippen LogP) is 3.44. The minimum absolute atomic E-state index is 0.389. The topological polar surface area (TPSA) is 64.3 Å². The van der Waals surface area contributed by atoms with Gasteiger partial charge in [-0.05, 0) is 30.9 Å². The molecule has 2 atom stereocenters. The first kappa shape index (κ1) is 14.7. The van der Waals surface area contributed by atoms with E-state index in [0.717, 1.165) is 12.1 Å². The lowest BCUT2D eigenvalue weighted by molar-refractivity contribution is 0.0602. The van der Waals surface area contributed by atoms with Crippen LogP contribution in [0.5, 0.6) is 0 Å². The highest BCUT2D eigenvalue weighted by Crippen LogP contribution is 2.29. The highest BCUT2D eigenvalue weighted by Gasteiger charge is 2.21. The standard InChI is InChI=1S/C16H24N2O2/c1-11-7-4-3-5-9-13(11)18-14-10-6-8-12(15(14)17)16(19)20-2/h6,8,10-11,13,18H,3-5,7,9,17H2,1-2H3. The number of rotatable bonds is 3. The Morgan fingerprint density at radius 1 is 1.30 bits per heavy atom. The van der Waals surface area contributed by atoms with Gasteiger partial charge < -0.3 is 15.8 Å². The fourth-order valence-electron chi connectivity index (χ4n) is 2.89. The van der Waals surface area contributed by atoms with E-state index in [1.165, 1.54) is 32.8 Å². The molecule has 4 nitrogen and oxygen atoms in total. The molecule has 0 aromatic heterocycles. The lowest BCUT2D eigenvalue weighted by atomic mass is 9.96.